The van der Waals surface area contributed by atoms with E-state index in [9.17, 15) is 14.0 Å². The van der Waals surface area contributed by atoms with Crippen molar-refractivity contribution in [2.45, 2.75) is 19.1 Å². The van der Waals surface area contributed by atoms with E-state index in [4.69, 9.17) is 10.2 Å². The number of hydrogen-bond acceptors (Lipinski definition) is 3. The number of hydrogen-bond donors (Lipinski definition) is 3. The molecule has 1 aromatic rings. The lowest BCUT2D eigenvalue weighted by Crippen LogP contribution is -2.38. The van der Waals surface area contributed by atoms with E-state index in [0.717, 1.165) is 0 Å². The summed E-state index contributed by atoms with van der Waals surface area (Å²) in [7, 11) is 1.54. The van der Waals surface area contributed by atoms with Crippen LogP contribution < -0.4 is 5.32 Å². The molecule has 7 heteroatoms. The minimum atomic E-state index is -1.50. The Balaban J connectivity index is 2.38. The summed E-state index contributed by atoms with van der Waals surface area (Å²) >= 11 is 0. The zero-order valence-corrected chi connectivity index (χ0v) is 11.0. The summed E-state index contributed by atoms with van der Waals surface area (Å²) < 4.78 is 13.0. The van der Waals surface area contributed by atoms with E-state index in [2.05, 4.69) is 5.32 Å². The second-order valence-electron chi connectivity index (χ2n) is 4.36. The highest BCUT2D eigenvalue weighted by Gasteiger charge is 2.14. The van der Waals surface area contributed by atoms with Crippen LogP contribution in [-0.4, -0.2) is 46.8 Å². The molecule has 3 N–H and O–H groups in total. The highest BCUT2D eigenvalue weighted by Crippen LogP contribution is 2.06. The topological polar surface area (TPSA) is 89.9 Å². The Hall–Kier alpha value is -2.15. The molecule has 0 saturated heterocycles. The van der Waals surface area contributed by atoms with Gasteiger partial charge in [-0.1, -0.05) is 12.1 Å². The minimum absolute atomic E-state index is 0.0415. The number of urea groups is 1. The van der Waals surface area contributed by atoms with Crippen molar-refractivity contribution in [2.75, 3.05) is 13.6 Å². The van der Waals surface area contributed by atoms with Crippen molar-refractivity contribution >= 4 is 12.0 Å². The first-order valence-corrected chi connectivity index (χ1v) is 6.04. The van der Waals surface area contributed by atoms with Crippen molar-refractivity contribution < 1.29 is 24.2 Å². The van der Waals surface area contributed by atoms with Crippen LogP contribution in [0, 0.1) is 5.82 Å². The van der Waals surface area contributed by atoms with Crippen LogP contribution in [0.25, 0.3) is 0 Å². The second-order valence-corrected chi connectivity index (χ2v) is 4.36. The number of carbonyl (C=O) groups excluding carboxylic acids is 1. The van der Waals surface area contributed by atoms with Crippen molar-refractivity contribution in [3.63, 3.8) is 0 Å². The maximum absolute atomic E-state index is 13.0. The Morgan fingerprint density at radius 3 is 2.75 bits per heavy atom. The fourth-order valence-corrected chi connectivity index (χ4v) is 1.56. The summed E-state index contributed by atoms with van der Waals surface area (Å²) in [6.07, 6.45) is -1.57. The Labute approximate surface area is 115 Å². The molecule has 0 fully saturated rings. The summed E-state index contributed by atoms with van der Waals surface area (Å²) in [6.45, 7) is 0.269. The largest absolute Gasteiger partial charge is 0.479 e. The van der Waals surface area contributed by atoms with Crippen molar-refractivity contribution in [1.29, 1.82) is 0 Å². The minimum Gasteiger partial charge on any atom is -0.479 e. The van der Waals surface area contributed by atoms with E-state index >= 15 is 0 Å². The van der Waals surface area contributed by atoms with Gasteiger partial charge in [0.05, 0.1) is 0 Å². The van der Waals surface area contributed by atoms with Crippen molar-refractivity contribution in [3.8, 4) is 0 Å². The molecule has 1 rings (SSSR count). The number of carboxylic acid groups (broad SMARTS) is 1. The van der Waals surface area contributed by atoms with Crippen LogP contribution in [0.3, 0.4) is 0 Å². The van der Waals surface area contributed by atoms with Gasteiger partial charge in [-0.25, -0.2) is 14.0 Å². The van der Waals surface area contributed by atoms with E-state index < -0.39 is 18.1 Å². The molecule has 1 aromatic carbocycles. The van der Waals surface area contributed by atoms with Gasteiger partial charge in [-0.2, -0.15) is 0 Å². The van der Waals surface area contributed by atoms with E-state index in [0.29, 0.717) is 5.56 Å². The molecule has 20 heavy (non-hydrogen) atoms. The third-order valence-electron chi connectivity index (χ3n) is 2.63. The molecule has 0 heterocycles. The van der Waals surface area contributed by atoms with Crippen LogP contribution in [0.15, 0.2) is 24.3 Å². The molecule has 0 saturated carbocycles. The number of nitrogens with one attached hydrogen (secondary N) is 1. The molecule has 1 unspecified atom stereocenters. The predicted molar refractivity (Wildman–Crippen MR) is 69.5 cm³/mol. The standard InChI is InChI=1S/C13H17FN2O4/c1-16(8-9-3-2-4-10(14)7-9)13(20)15-6-5-11(17)12(18)19/h2-4,7,11,17H,5-6,8H2,1H3,(H,15,20)(H,18,19). The molecule has 0 bridgehead atoms. The van der Waals surface area contributed by atoms with Crippen LogP contribution >= 0.6 is 0 Å². The number of aliphatic hydroxyl groups excluding tert-OH is 1. The molecular weight excluding hydrogens is 267 g/mol. The molecule has 110 valence electrons. The molecule has 0 aromatic heterocycles. The van der Waals surface area contributed by atoms with Gasteiger partial charge in [-0.15, -0.1) is 0 Å². The van der Waals surface area contributed by atoms with E-state index in [1.54, 1.807) is 12.1 Å². The quantitative estimate of drug-likeness (QED) is 0.721. The third-order valence-corrected chi connectivity index (χ3v) is 2.63. The number of carboxylic acids is 1. The van der Waals surface area contributed by atoms with Gasteiger partial charge in [0.15, 0.2) is 6.10 Å². The zero-order valence-electron chi connectivity index (χ0n) is 11.0. The number of rotatable bonds is 6. The molecule has 0 radical (unpaired) electrons. The fourth-order valence-electron chi connectivity index (χ4n) is 1.56. The normalized spacial score (nSPS) is 11.8. The highest BCUT2D eigenvalue weighted by atomic mass is 19.1. The molecule has 1 atom stereocenters. The van der Waals surface area contributed by atoms with E-state index in [1.165, 1.54) is 24.1 Å². The van der Waals surface area contributed by atoms with Gasteiger partial charge in [0, 0.05) is 26.6 Å². The monoisotopic (exact) mass is 284 g/mol. The lowest BCUT2D eigenvalue weighted by molar-refractivity contribution is -0.146. The van der Waals surface area contributed by atoms with Crippen LogP contribution in [0.5, 0.6) is 0 Å². The van der Waals surface area contributed by atoms with Crippen molar-refractivity contribution in [3.05, 3.63) is 35.6 Å². The summed E-state index contributed by atoms with van der Waals surface area (Å²) in [5.41, 5.74) is 0.647. The molecule has 0 aliphatic heterocycles. The SMILES string of the molecule is CN(Cc1cccc(F)c1)C(=O)NCCC(O)C(=O)O. The first-order valence-electron chi connectivity index (χ1n) is 6.04. The van der Waals surface area contributed by atoms with Gasteiger partial charge >= 0.3 is 12.0 Å². The van der Waals surface area contributed by atoms with E-state index in [1.807, 2.05) is 0 Å². The third kappa shape index (κ3) is 5.23. The van der Waals surface area contributed by atoms with Crippen LogP contribution in [0.1, 0.15) is 12.0 Å². The Morgan fingerprint density at radius 1 is 1.45 bits per heavy atom. The van der Waals surface area contributed by atoms with Gasteiger partial charge < -0.3 is 20.4 Å². The van der Waals surface area contributed by atoms with Gasteiger partial charge in [0.1, 0.15) is 5.82 Å². The molecular formula is C13H17FN2O4. The average molecular weight is 284 g/mol. The Kier molecular flexibility index (Phi) is 5.92. The smallest absolute Gasteiger partial charge is 0.332 e. The van der Waals surface area contributed by atoms with Crippen molar-refractivity contribution in [2.24, 2.45) is 0 Å². The number of nitrogens with zero attached hydrogens (tertiary/aromatic N) is 1. The Morgan fingerprint density at radius 2 is 2.15 bits per heavy atom. The lowest BCUT2D eigenvalue weighted by atomic mass is 10.2. The molecule has 0 aliphatic carbocycles. The Bertz CT molecular complexity index is 481. The molecule has 2 amide bonds. The second kappa shape index (κ2) is 7.44. The average Bonchev–Trinajstić information content (AvgIpc) is 2.38. The van der Waals surface area contributed by atoms with Gasteiger partial charge in [-0.05, 0) is 17.7 Å². The fraction of sp³-hybridized carbons (Fsp3) is 0.385. The van der Waals surface area contributed by atoms with Crippen LogP contribution in [-0.2, 0) is 11.3 Å². The van der Waals surface area contributed by atoms with E-state index in [-0.39, 0.29) is 25.3 Å². The summed E-state index contributed by atoms with van der Waals surface area (Å²) in [4.78, 5) is 23.4. The number of aliphatic carboxylic acids is 1. The van der Waals surface area contributed by atoms with Crippen LogP contribution in [0.2, 0.25) is 0 Å². The van der Waals surface area contributed by atoms with Gasteiger partial charge in [0.2, 0.25) is 0 Å². The molecule has 6 nitrogen and oxygen atoms in total. The number of benzene rings is 1. The number of carbonyl (C=O) groups is 2. The summed E-state index contributed by atoms with van der Waals surface area (Å²) in [6, 6.07) is 5.47. The zero-order chi connectivity index (χ0) is 15.1. The molecule has 0 aliphatic rings. The maximum Gasteiger partial charge on any atom is 0.332 e. The number of amides is 2. The number of halogens is 1. The first kappa shape index (κ1) is 15.9. The van der Waals surface area contributed by atoms with Crippen LogP contribution in [0.4, 0.5) is 9.18 Å². The number of aliphatic hydroxyl groups is 1. The maximum atomic E-state index is 13.0. The lowest BCUT2D eigenvalue weighted by Gasteiger charge is -2.18. The van der Waals surface area contributed by atoms with Gasteiger partial charge in [0.25, 0.3) is 0 Å². The summed E-state index contributed by atoms with van der Waals surface area (Å²) in [5, 5.41) is 20.0. The highest BCUT2D eigenvalue weighted by molar-refractivity contribution is 5.74. The van der Waals surface area contributed by atoms with Crippen molar-refractivity contribution in [1.82, 2.24) is 10.2 Å². The predicted octanol–water partition coefficient (Wildman–Crippen LogP) is 0.803. The molecule has 0 spiro atoms. The first-order chi connectivity index (χ1) is 9.40. The van der Waals surface area contributed by atoms with Gasteiger partial charge in [-0.3, -0.25) is 0 Å². The summed E-state index contributed by atoms with van der Waals surface area (Å²) in [5.74, 6) is -1.70.